The molecule has 2 saturated heterocycles. The molecule has 4 rings (SSSR count). The summed E-state index contributed by atoms with van der Waals surface area (Å²) in [5.74, 6) is -5.59. The number of hydrogen-bond donors (Lipinski definition) is 1. The molecule has 2 aliphatic heterocycles. The molecule has 2 aromatic rings. The van der Waals surface area contributed by atoms with Crippen molar-refractivity contribution in [1.82, 2.24) is 4.98 Å². The maximum Gasteiger partial charge on any atom is 0.257 e. The number of aromatic nitrogens is 1. The summed E-state index contributed by atoms with van der Waals surface area (Å²) in [5, 5.41) is 2.25. The van der Waals surface area contributed by atoms with Crippen LogP contribution in [0.3, 0.4) is 0 Å². The summed E-state index contributed by atoms with van der Waals surface area (Å²) in [7, 11) is 0. The zero-order valence-electron chi connectivity index (χ0n) is 14.9. The lowest BCUT2D eigenvalue weighted by Gasteiger charge is -2.38. The summed E-state index contributed by atoms with van der Waals surface area (Å²) in [5.41, 5.74) is 0.464. The Bertz CT molecular complexity index is 893. The Hall–Kier alpha value is -2.65. The Morgan fingerprint density at radius 1 is 1.07 bits per heavy atom. The number of hydrogen-bond acceptors (Lipinski definition) is 5. The zero-order valence-corrected chi connectivity index (χ0v) is 14.9. The summed E-state index contributed by atoms with van der Waals surface area (Å²) in [6.07, 6.45) is 4.35. The van der Waals surface area contributed by atoms with Crippen LogP contribution in [0.2, 0.25) is 0 Å². The van der Waals surface area contributed by atoms with Gasteiger partial charge in [-0.25, -0.2) is 13.2 Å². The average molecular weight is 393 g/mol. The van der Waals surface area contributed by atoms with Gasteiger partial charge in [-0.3, -0.25) is 9.78 Å². The number of nitrogens with zero attached hydrogens (tertiary/aromatic N) is 2. The fraction of sp³-hybridized carbons (Fsp3) is 0.368. The molecule has 1 amide bonds. The number of ether oxygens (including phenoxy) is 2. The van der Waals surface area contributed by atoms with Crippen LogP contribution >= 0.6 is 0 Å². The lowest BCUT2D eigenvalue weighted by molar-refractivity contribution is -0.169. The Kier molecular flexibility index (Phi) is 4.94. The number of halogens is 3. The molecule has 0 atom stereocenters. The van der Waals surface area contributed by atoms with E-state index in [4.69, 9.17) is 9.47 Å². The van der Waals surface area contributed by atoms with E-state index in [1.165, 1.54) is 6.20 Å². The van der Waals surface area contributed by atoms with Crippen LogP contribution < -0.4 is 10.2 Å². The molecule has 2 fully saturated rings. The lowest BCUT2D eigenvalue weighted by atomic mass is 10.0. The molecular formula is C19H18F3N3O3. The zero-order chi connectivity index (χ0) is 19.7. The van der Waals surface area contributed by atoms with Gasteiger partial charge < -0.3 is 19.7 Å². The predicted molar refractivity (Wildman–Crippen MR) is 94.6 cm³/mol. The van der Waals surface area contributed by atoms with Gasteiger partial charge in [-0.15, -0.1) is 0 Å². The summed E-state index contributed by atoms with van der Waals surface area (Å²) >= 11 is 0. The topological polar surface area (TPSA) is 63.7 Å². The number of benzene rings is 1. The molecule has 0 bridgehead atoms. The molecule has 6 nitrogen and oxygen atoms in total. The summed E-state index contributed by atoms with van der Waals surface area (Å²) in [6.45, 7) is 2.53. The van der Waals surface area contributed by atoms with Crippen molar-refractivity contribution in [2.45, 2.75) is 18.6 Å². The molecule has 2 aliphatic rings. The van der Waals surface area contributed by atoms with Gasteiger partial charge in [-0.05, 0) is 18.2 Å². The van der Waals surface area contributed by atoms with Crippen LogP contribution in [0.25, 0.3) is 0 Å². The van der Waals surface area contributed by atoms with Crippen molar-refractivity contribution in [3.8, 4) is 0 Å². The van der Waals surface area contributed by atoms with E-state index in [9.17, 15) is 18.0 Å². The van der Waals surface area contributed by atoms with Crippen molar-refractivity contribution < 1.29 is 27.4 Å². The minimum Gasteiger partial charge on any atom is -0.370 e. The fourth-order valence-corrected chi connectivity index (χ4v) is 3.43. The molecule has 0 aliphatic carbocycles. The molecular weight excluding hydrogens is 375 g/mol. The Morgan fingerprint density at radius 2 is 1.79 bits per heavy atom. The van der Waals surface area contributed by atoms with Crippen LogP contribution in [0.1, 0.15) is 23.2 Å². The van der Waals surface area contributed by atoms with Gasteiger partial charge in [0.05, 0.1) is 36.3 Å². The monoisotopic (exact) mass is 393 g/mol. The number of rotatable bonds is 3. The second-order valence-corrected chi connectivity index (χ2v) is 6.70. The van der Waals surface area contributed by atoms with Gasteiger partial charge in [0.25, 0.3) is 5.91 Å². The van der Waals surface area contributed by atoms with E-state index in [1.54, 1.807) is 12.3 Å². The number of amides is 1. The van der Waals surface area contributed by atoms with E-state index in [1.807, 2.05) is 0 Å². The second-order valence-electron chi connectivity index (χ2n) is 6.70. The smallest absolute Gasteiger partial charge is 0.257 e. The van der Waals surface area contributed by atoms with Crippen molar-refractivity contribution in [2.75, 3.05) is 36.5 Å². The molecule has 1 aromatic heterocycles. The van der Waals surface area contributed by atoms with Crippen LogP contribution in [0.15, 0.2) is 30.6 Å². The van der Waals surface area contributed by atoms with Crippen LogP contribution in [-0.4, -0.2) is 43.0 Å². The summed E-state index contributed by atoms with van der Waals surface area (Å²) in [4.78, 5) is 18.5. The molecule has 1 spiro atoms. The van der Waals surface area contributed by atoms with Gasteiger partial charge in [-0.2, -0.15) is 0 Å². The van der Waals surface area contributed by atoms with Crippen LogP contribution in [0.5, 0.6) is 0 Å². The van der Waals surface area contributed by atoms with Crippen molar-refractivity contribution >= 4 is 17.3 Å². The van der Waals surface area contributed by atoms with E-state index in [-0.39, 0.29) is 5.56 Å². The first-order valence-electron chi connectivity index (χ1n) is 8.90. The first kappa shape index (κ1) is 18.7. The van der Waals surface area contributed by atoms with Crippen LogP contribution in [-0.2, 0) is 9.47 Å². The fourth-order valence-electron chi connectivity index (χ4n) is 3.43. The maximum absolute atomic E-state index is 13.8. The first-order valence-corrected chi connectivity index (χ1v) is 8.90. The summed E-state index contributed by atoms with van der Waals surface area (Å²) < 4.78 is 51.5. The quantitative estimate of drug-likeness (QED) is 0.812. The van der Waals surface area contributed by atoms with Gasteiger partial charge >= 0.3 is 0 Å². The standard InChI is InChI=1S/C19H18F3N3O3/c20-14-1-2-15(17(22)16(14)21)24-18(26)12-9-13(11-23-10-12)25-5-3-19(4-6-25)27-7-8-28-19/h1-2,9-11H,3-8H2,(H,24,26). The van der Waals surface area contributed by atoms with E-state index < -0.39 is 34.8 Å². The van der Waals surface area contributed by atoms with Crippen molar-refractivity contribution in [1.29, 1.82) is 0 Å². The molecule has 1 N–H and O–H groups in total. The van der Waals surface area contributed by atoms with Crippen molar-refractivity contribution in [3.05, 3.63) is 53.6 Å². The van der Waals surface area contributed by atoms with E-state index in [0.717, 1.165) is 17.8 Å². The third-order valence-electron chi connectivity index (χ3n) is 4.97. The van der Waals surface area contributed by atoms with E-state index >= 15 is 0 Å². The number of piperidine rings is 1. The lowest BCUT2D eigenvalue weighted by Crippen LogP contribution is -2.45. The molecule has 28 heavy (non-hydrogen) atoms. The minimum atomic E-state index is -1.64. The second kappa shape index (κ2) is 7.40. The number of carbonyl (C=O) groups is 1. The van der Waals surface area contributed by atoms with Crippen LogP contribution in [0.4, 0.5) is 24.5 Å². The van der Waals surface area contributed by atoms with Gasteiger partial charge in [0.1, 0.15) is 0 Å². The highest BCUT2D eigenvalue weighted by atomic mass is 19.2. The molecule has 148 valence electrons. The number of carbonyl (C=O) groups excluding carboxylic acids is 1. The van der Waals surface area contributed by atoms with Gasteiger partial charge in [-0.1, -0.05) is 0 Å². The number of nitrogens with one attached hydrogen (secondary N) is 1. The third kappa shape index (κ3) is 3.55. The highest BCUT2D eigenvalue weighted by Crippen LogP contribution is 2.33. The van der Waals surface area contributed by atoms with E-state index in [0.29, 0.717) is 39.1 Å². The highest BCUT2D eigenvalue weighted by Gasteiger charge is 2.39. The molecule has 1 aromatic carbocycles. The van der Waals surface area contributed by atoms with Crippen LogP contribution in [0, 0.1) is 17.5 Å². The van der Waals surface area contributed by atoms with Crippen molar-refractivity contribution in [2.24, 2.45) is 0 Å². The minimum absolute atomic E-state index is 0.176. The van der Waals surface area contributed by atoms with E-state index in [2.05, 4.69) is 15.2 Å². The van der Waals surface area contributed by atoms with Gasteiger partial charge in [0, 0.05) is 32.1 Å². The Labute approximate surface area is 159 Å². The van der Waals surface area contributed by atoms with Gasteiger partial charge in [0.2, 0.25) is 0 Å². The summed E-state index contributed by atoms with van der Waals surface area (Å²) in [6, 6.07) is 3.34. The van der Waals surface area contributed by atoms with Crippen molar-refractivity contribution in [3.63, 3.8) is 0 Å². The highest BCUT2D eigenvalue weighted by molar-refractivity contribution is 6.04. The molecule has 0 saturated carbocycles. The third-order valence-corrected chi connectivity index (χ3v) is 4.97. The maximum atomic E-state index is 13.8. The predicted octanol–water partition coefficient (Wildman–Crippen LogP) is 3.09. The number of anilines is 2. The molecule has 9 heteroatoms. The molecule has 0 unspecified atom stereocenters. The first-order chi connectivity index (χ1) is 13.5. The number of pyridine rings is 1. The Balaban J connectivity index is 1.46. The largest absolute Gasteiger partial charge is 0.370 e. The normalized spacial score (nSPS) is 18.5. The Morgan fingerprint density at radius 3 is 2.50 bits per heavy atom. The molecule has 3 heterocycles. The average Bonchev–Trinajstić information content (AvgIpc) is 3.17. The molecule has 0 radical (unpaired) electrons. The van der Waals surface area contributed by atoms with Gasteiger partial charge in [0.15, 0.2) is 23.2 Å². The SMILES string of the molecule is O=C(Nc1ccc(F)c(F)c1F)c1cncc(N2CCC3(CC2)OCCO3)c1.